The van der Waals surface area contributed by atoms with Crippen molar-refractivity contribution in [3.63, 3.8) is 0 Å². The van der Waals surface area contributed by atoms with E-state index in [4.69, 9.17) is 0 Å². The average Bonchev–Trinajstić information content (AvgIpc) is 2.57. The van der Waals surface area contributed by atoms with Gasteiger partial charge in [0.25, 0.3) is 0 Å². The molecule has 5 heteroatoms. The van der Waals surface area contributed by atoms with Crippen LogP contribution in [0.15, 0.2) is 43.0 Å². The van der Waals surface area contributed by atoms with Gasteiger partial charge in [-0.2, -0.15) is 0 Å². The topological polar surface area (TPSA) is 57.7 Å². The van der Waals surface area contributed by atoms with Crippen molar-refractivity contribution >= 4 is 17.6 Å². The molecule has 2 aliphatic heterocycles. The van der Waals surface area contributed by atoms with Crippen molar-refractivity contribution in [2.24, 2.45) is 5.92 Å². The largest absolute Gasteiger partial charge is 0.338 e. The molecule has 0 saturated carbocycles. The van der Waals surface area contributed by atoms with E-state index >= 15 is 0 Å². The highest BCUT2D eigenvalue weighted by Crippen LogP contribution is 2.31. The number of ketones is 1. The second-order valence-corrected chi connectivity index (χ2v) is 6.52. The Morgan fingerprint density at radius 2 is 1.92 bits per heavy atom. The Morgan fingerprint density at radius 3 is 2.58 bits per heavy atom. The third kappa shape index (κ3) is 3.40. The maximum absolute atomic E-state index is 12.7. The van der Waals surface area contributed by atoms with Gasteiger partial charge in [-0.1, -0.05) is 36.9 Å². The van der Waals surface area contributed by atoms with Crippen molar-refractivity contribution in [1.29, 1.82) is 0 Å². The third-order valence-corrected chi connectivity index (χ3v) is 4.84. The molecule has 0 aliphatic carbocycles. The lowest BCUT2D eigenvalue weighted by Crippen LogP contribution is -2.51. The summed E-state index contributed by atoms with van der Waals surface area (Å²) in [5.41, 5.74) is 1.01. The van der Waals surface area contributed by atoms with Gasteiger partial charge in [0, 0.05) is 44.8 Å². The highest BCUT2D eigenvalue weighted by molar-refractivity contribution is 5.88. The molecule has 24 heavy (non-hydrogen) atoms. The van der Waals surface area contributed by atoms with Crippen LogP contribution in [0.3, 0.4) is 0 Å². The van der Waals surface area contributed by atoms with Crippen molar-refractivity contribution in [3.8, 4) is 0 Å². The van der Waals surface area contributed by atoms with E-state index in [9.17, 15) is 14.4 Å². The average molecular weight is 326 g/mol. The van der Waals surface area contributed by atoms with Crippen LogP contribution in [0.4, 0.5) is 0 Å². The summed E-state index contributed by atoms with van der Waals surface area (Å²) in [5.74, 6) is 0.409. The van der Waals surface area contributed by atoms with Crippen LogP contribution in [-0.4, -0.2) is 47.0 Å². The predicted molar refractivity (Wildman–Crippen MR) is 90.0 cm³/mol. The Bertz CT molecular complexity index is 650. The number of carbonyl (C=O) groups is 3. The number of carbonyl (C=O) groups excluding carboxylic acids is 3. The molecule has 1 atom stereocenters. The van der Waals surface area contributed by atoms with Crippen LogP contribution in [0.2, 0.25) is 0 Å². The SMILES string of the molecule is C=CC(=O)N1CC(CC(=O)N2CCC(=O)CC2c2ccccc2)C1. The number of likely N-dealkylation sites (tertiary alicyclic amines) is 2. The van der Waals surface area contributed by atoms with Crippen molar-refractivity contribution in [2.45, 2.75) is 25.3 Å². The molecule has 2 aliphatic rings. The van der Waals surface area contributed by atoms with Crippen LogP contribution >= 0.6 is 0 Å². The smallest absolute Gasteiger partial charge is 0.245 e. The second-order valence-electron chi connectivity index (χ2n) is 6.52. The molecule has 1 aromatic carbocycles. The molecular weight excluding hydrogens is 304 g/mol. The number of benzene rings is 1. The van der Waals surface area contributed by atoms with Crippen LogP contribution in [-0.2, 0) is 14.4 Å². The van der Waals surface area contributed by atoms with Gasteiger partial charge in [0.05, 0.1) is 6.04 Å². The zero-order valence-corrected chi connectivity index (χ0v) is 13.7. The van der Waals surface area contributed by atoms with E-state index in [-0.39, 0.29) is 29.6 Å². The van der Waals surface area contributed by atoms with Gasteiger partial charge in [-0.05, 0) is 11.6 Å². The molecule has 5 nitrogen and oxygen atoms in total. The van der Waals surface area contributed by atoms with Gasteiger partial charge in [0.15, 0.2) is 0 Å². The number of nitrogens with zero attached hydrogens (tertiary/aromatic N) is 2. The summed E-state index contributed by atoms with van der Waals surface area (Å²) in [7, 11) is 0. The predicted octanol–water partition coefficient (Wildman–Crippen LogP) is 1.95. The summed E-state index contributed by atoms with van der Waals surface area (Å²) in [5, 5.41) is 0. The lowest BCUT2D eigenvalue weighted by Gasteiger charge is -2.41. The molecule has 0 aromatic heterocycles. The molecule has 1 aromatic rings. The van der Waals surface area contributed by atoms with Gasteiger partial charge >= 0.3 is 0 Å². The quantitative estimate of drug-likeness (QED) is 0.795. The van der Waals surface area contributed by atoms with Gasteiger partial charge in [0.1, 0.15) is 5.78 Å². The molecule has 2 amide bonds. The Labute approximate surface area is 141 Å². The van der Waals surface area contributed by atoms with Crippen molar-refractivity contribution in [1.82, 2.24) is 9.80 Å². The minimum atomic E-state index is -0.161. The Balaban J connectivity index is 1.63. The van der Waals surface area contributed by atoms with Crippen LogP contribution in [0.1, 0.15) is 30.9 Å². The van der Waals surface area contributed by atoms with Crippen molar-refractivity contribution < 1.29 is 14.4 Å². The van der Waals surface area contributed by atoms with Gasteiger partial charge in [-0.15, -0.1) is 0 Å². The lowest BCUT2D eigenvalue weighted by atomic mass is 9.91. The lowest BCUT2D eigenvalue weighted by molar-refractivity contribution is -0.143. The fraction of sp³-hybridized carbons (Fsp3) is 0.421. The summed E-state index contributed by atoms with van der Waals surface area (Å²) in [6, 6.07) is 9.57. The highest BCUT2D eigenvalue weighted by atomic mass is 16.2. The van der Waals surface area contributed by atoms with E-state index in [1.54, 1.807) is 4.90 Å². The molecule has 126 valence electrons. The Morgan fingerprint density at radius 1 is 1.21 bits per heavy atom. The van der Waals surface area contributed by atoms with E-state index in [0.29, 0.717) is 38.9 Å². The van der Waals surface area contributed by atoms with Crippen molar-refractivity contribution in [2.75, 3.05) is 19.6 Å². The zero-order valence-electron chi connectivity index (χ0n) is 13.7. The summed E-state index contributed by atoms with van der Waals surface area (Å²) in [6.07, 6.45) is 2.56. The molecule has 0 bridgehead atoms. The number of amides is 2. The number of rotatable bonds is 4. The summed E-state index contributed by atoms with van der Waals surface area (Å²) >= 11 is 0. The van der Waals surface area contributed by atoms with Crippen LogP contribution in [0.25, 0.3) is 0 Å². The minimum absolute atomic E-state index is 0.0760. The standard InChI is InChI=1S/C19H22N2O3/c1-2-18(23)20-12-14(13-20)10-19(24)21-9-8-16(22)11-17(21)15-6-4-3-5-7-15/h2-7,14,17H,1,8-13H2. The molecule has 2 fully saturated rings. The second kappa shape index (κ2) is 6.99. The Kier molecular flexibility index (Phi) is 4.79. The minimum Gasteiger partial charge on any atom is -0.338 e. The van der Waals surface area contributed by atoms with E-state index in [1.807, 2.05) is 35.2 Å². The molecule has 2 saturated heterocycles. The molecule has 0 radical (unpaired) electrons. The number of Topliss-reactive ketones (excluding diaryl/α,β-unsaturated/α-hetero) is 1. The van der Waals surface area contributed by atoms with Gasteiger partial charge in [-0.25, -0.2) is 0 Å². The van der Waals surface area contributed by atoms with Crippen molar-refractivity contribution in [3.05, 3.63) is 48.6 Å². The first-order valence-electron chi connectivity index (χ1n) is 8.36. The third-order valence-electron chi connectivity index (χ3n) is 4.84. The van der Waals surface area contributed by atoms with E-state index in [2.05, 4.69) is 6.58 Å². The number of hydrogen-bond acceptors (Lipinski definition) is 3. The first kappa shape index (κ1) is 16.4. The van der Waals surface area contributed by atoms with Crippen LogP contribution in [0, 0.1) is 5.92 Å². The Hall–Kier alpha value is -2.43. The summed E-state index contributed by atoms with van der Waals surface area (Å²) in [6.45, 7) is 5.18. The number of hydrogen-bond donors (Lipinski definition) is 0. The van der Waals surface area contributed by atoms with E-state index in [0.717, 1.165) is 5.56 Å². The van der Waals surface area contributed by atoms with Gasteiger partial charge in [0.2, 0.25) is 11.8 Å². The maximum atomic E-state index is 12.7. The molecule has 2 heterocycles. The maximum Gasteiger partial charge on any atom is 0.245 e. The zero-order chi connectivity index (χ0) is 17.1. The highest BCUT2D eigenvalue weighted by Gasteiger charge is 2.36. The fourth-order valence-corrected chi connectivity index (χ4v) is 3.47. The normalized spacial score (nSPS) is 21.3. The molecule has 0 N–H and O–H groups in total. The van der Waals surface area contributed by atoms with E-state index in [1.165, 1.54) is 6.08 Å². The summed E-state index contributed by atoms with van der Waals surface area (Å²) < 4.78 is 0. The van der Waals surface area contributed by atoms with E-state index < -0.39 is 0 Å². The van der Waals surface area contributed by atoms with Gasteiger partial charge in [-0.3, -0.25) is 14.4 Å². The van der Waals surface area contributed by atoms with Crippen LogP contribution < -0.4 is 0 Å². The molecular formula is C19H22N2O3. The number of piperidine rings is 1. The fourth-order valence-electron chi connectivity index (χ4n) is 3.47. The molecule has 3 rings (SSSR count). The van der Waals surface area contributed by atoms with Crippen LogP contribution in [0.5, 0.6) is 0 Å². The molecule has 1 unspecified atom stereocenters. The first-order valence-corrected chi connectivity index (χ1v) is 8.36. The first-order chi connectivity index (χ1) is 11.6. The van der Waals surface area contributed by atoms with Gasteiger partial charge < -0.3 is 9.80 Å². The summed E-state index contributed by atoms with van der Waals surface area (Å²) in [4.78, 5) is 39.6. The monoisotopic (exact) mass is 326 g/mol. The molecule has 0 spiro atoms.